The molecule has 0 amide bonds. The van der Waals surface area contributed by atoms with Gasteiger partial charge in [0.15, 0.2) is 0 Å². The van der Waals surface area contributed by atoms with Gasteiger partial charge in [0, 0.05) is 16.5 Å². The first-order valence-electron chi connectivity index (χ1n) is 1.52. The van der Waals surface area contributed by atoms with E-state index in [4.69, 9.17) is 0 Å². The Morgan fingerprint density at radius 2 is 1.50 bits per heavy atom. The summed E-state index contributed by atoms with van der Waals surface area (Å²) in [4.78, 5) is 3.72. The van der Waals surface area contributed by atoms with Gasteiger partial charge in [-0.3, -0.25) is 0 Å². The second-order valence-electron chi connectivity index (χ2n) is 0.832. The zero-order valence-electron chi connectivity index (χ0n) is 3.07. The summed E-state index contributed by atoms with van der Waals surface area (Å²) in [5.74, 6) is 0. The minimum atomic E-state index is 0. The zero-order valence-corrected chi connectivity index (χ0v) is 4.06. The Morgan fingerprint density at radius 3 is 1.67 bits per heavy atom. The molecule has 6 heavy (non-hydrogen) atoms. The van der Waals surface area contributed by atoms with E-state index in [1.165, 1.54) is 0 Å². The zero-order chi connectivity index (χ0) is 3.54. The van der Waals surface area contributed by atoms with Crippen LogP contribution in [0.25, 0.3) is 0 Å². The summed E-state index contributed by atoms with van der Waals surface area (Å²) in [6.07, 6.45) is 3.50. The van der Waals surface area contributed by atoms with Crippen LogP contribution in [0.1, 0.15) is 0 Å². The molecule has 1 heterocycles. The number of hydrogen-bond donors (Lipinski definition) is 0. The van der Waals surface area contributed by atoms with Crippen LogP contribution in [0.5, 0.6) is 0 Å². The molecule has 0 saturated carbocycles. The van der Waals surface area contributed by atoms with Gasteiger partial charge in [0.05, 0.1) is 0 Å². The molecule has 1 nitrogen and oxygen atoms in total. The van der Waals surface area contributed by atoms with Crippen molar-refractivity contribution in [2.24, 2.45) is 0 Å². The van der Waals surface area contributed by atoms with E-state index in [0.717, 1.165) is 0 Å². The second-order valence-corrected chi connectivity index (χ2v) is 0.832. The van der Waals surface area contributed by atoms with E-state index in [9.17, 15) is 0 Å². The van der Waals surface area contributed by atoms with E-state index >= 15 is 0 Å². The Labute approximate surface area is 46.7 Å². The minimum absolute atomic E-state index is 0. The Balaban J connectivity index is 0.000000250. The molecule has 0 saturated heterocycles. The molecule has 1 rings (SSSR count). The van der Waals surface area contributed by atoms with Crippen LogP contribution >= 0.6 is 0 Å². The van der Waals surface area contributed by atoms with Crippen molar-refractivity contribution < 1.29 is 16.5 Å². The average Bonchev–Trinajstić information content (AvgIpc) is 1.76. The molecule has 1 aromatic heterocycles. The van der Waals surface area contributed by atoms with Gasteiger partial charge in [-0.2, -0.15) is 12.4 Å². The van der Waals surface area contributed by atoms with E-state index in [2.05, 4.69) is 4.98 Å². The summed E-state index contributed by atoms with van der Waals surface area (Å²) in [5.41, 5.74) is 0. The maximum absolute atomic E-state index is 3.72. The predicted octanol–water partition coefficient (Wildman–Crippen LogP) is 0.641. The third kappa shape index (κ3) is 1.27. The molecule has 0 aliphatic carbocycles. The van der Waals surface area contributed by atoms with Crippen molar-refractivity contribution in [3.8, 4) is 0 Å². The molecule has 0 unspecified atom stereocenters. The van der Waals surface area contributed by atoms with Crippen molar-refractivity contribution in [2.45, 2.75) is 0 Å². The number of hydrogen-bond acceptors (Lipinski definition) is 0. The van der Waals surface area contributed by atoms with Gasteiger partial charge in [0.2, 0.25) is 0 Å². The molecule has 0 fully saturated rings. The normalized spacial score (nSPS) is 6.67. The van der Waals surface area contributed by atoms with Crippen molar-refractivity contribution in [3.05, 3.63) is 24.5 Å². The molecule has 0 aromatic carbocycles. The molecule has 0 spiro atoms. The van der Waals surface area contributed by atoms with Crippen LogP contribution in [0, 0.1) is 0 Å². The van der Waals surface area contributed by atoms with Gasteiger partial charge in [-0.25, -0.2) is 0 Å². The summed E-state index contributed by atoms with van der Waals surface area (Å²) in [7, 11) is 0. The smallest absolute Gasteiger partial charge is 0 e. The molecule has 0 aliphatic heterocycles. The van der Waals surface area contributed by atoms with Crippen LogP contribution in [0.2, 0.25) is 0 Å². The molecule has 0 aliphatic rings. The van der Waals surface area contributed by atoms with Crippen LogP contribution in [0.4, 0.5) is 0 Å². The van der Waals surface area contributed by atoms with Crippen molar-refractivity contribution in [1.82, 2.24) is 4.98 Å². The number of nitrogens with zero attached hydrogens (tertiary/aromatic N) is 1. The molecule has 2 heteroatoms. The van der Waals surface area contributed by atoms with Crippen LogP contribution in [0.15, 0.2) is 24.5 Å². The molecule has 0 radical (unpaired) electrons. The molecular formula is C4H4NNi-. The molecule has 0 atom stereocenters. The van der Waals surface area contributed by atoms with Gasteiger partial charge in [-0.05, 0) is 0 Å². The fourth-order valence-corrected chi connectivity index (χ4v) is 0.248. The van der Waals surface area contributed by atoms with Gasteiger partial charge in [0.1, 0.15) is 0 Å². The summed E-state index contributed by atoms with van der Waals surface area (Å²) in [6, 6.07) is 3.78. The van der Waals surface area contributed by atoms with Crippen molar-refractivity contribution >= 4 is 0 Å². The first kappa shape index (κ1) is 5.77. The predicted molar refractivity (Wildman–Crippen MR) is 19.8 cm³/mol. The number of aromatic nitrogens is 1. The molecule has 0 bridgehead atoms. The first-order chi connectivity index (χ1) is 2.50. The quantitative estimate of drug-likeness (QED) is 0.464. The fourth-order valence-electron chi connectivity index (χ4n) is 0.248. The Hall–Kier alpha value is -0.226. The maximum atomic E-state index is 3.72. The maximum Gasteiger partial charge on any atom is 0 e. The van der Waals surface area contributed by atoms with Crippen LogP contribution in [0.3, 0.4) is 0 Å². The standard InChI is InChI=1S/C4H4N.Ni/c1-2-4-5-3-1;/h1-4H;/q-1;. The fraction of sp³-hybridized carbons (Fsp3) is 0. The van der Waals surface area contributed by atoms with E-state index in [0.29, 0.717) is 0 Å². The average molecular weight is 125 g/mol. The van der Waals surface area contributed by atoms with Crippen LogP contribution in [-0.4, -0.2) is 0 Å². The van der Waals surface area contributed by atoms with E-state index in [-0.39, 0.29) is 16.5 Å². The molecule has 36 valence electrons. The van der Waals surface area contributed by atoms with Crippen molar-refractivity contribution in [2.75, 3.05) is 0 Å². The van der Waals surface area contributed by atoms with Gasteiger partial charge in [0.25, 0.3) is 0 Å². The van der Waals surface area contributed by atoms with Crippen molar-refractivity contribution in [1.29, 1.82) is 0 Å². The largest absolute Gasteiger partial charge is 0.670 e. The van der Waals surface area contributed by atoms with E-state index in [1.54, 1.807) is 12.4 Å². The Bertz CT molecular complexity index is 64.0. The third-order valence-corrected chi connectivity index (χ3v) is 0.455. The topological polar surface area (TPSA) is 14.1 Å². The van der Waals surface area contributed by atoms with Crippen LogP contribution < -0.4 is 4.98 Å². The molecule has 1 aromatic rings. The summed E-state index contributed by atoms with van der Waals surface area (Å²) >= 11 is 0. The monoisotopic (exact) mass is 124 g/mol. The van der Waals surface area contributed by atoms with Crippen molar-refractivity contribution in [3.63, 3.8) is 0 Å². The third-order valence-electron chi connectivity index (χ3n) is 0.455. The summed E-state index contributed by atoms with van der Waals surface area (Å²) < 4.78 is 0. The Morgan fingerprint density at radius 1 is 1.00 bits per heavy atom. The van der Waals surface area contributed by atoms with Gasteiger partial charge in [-0.1, -0.05) is 12.1 Å². The Kier molecular flexibility index (Phi) is 2.87. The van der Waals surface area contributed by atoms with Gasteiger partial charge in [-0.15, -0.1) is 0 Å². The van der Waals surface area contributed by atoms with Crippen LogP contribution in [-0.2, 0) is 16.5 Å². The van der Waals surface area contributed by atoms with E-state index < -0.39 is 0 Å². The van der Waals surface area contributed by atoms with Gasteiger partial charge >= 0.3 is 0 Å². The first-order valence-corrected chi connectivity index (χ1v) is 1.52. The summed E-state index contributed by atoms with van der Waals surface area (Å²) in [5, 5.41) is 0. The minimum Gasteiger partial charge on any atom is -0.670 e. The molecular weight excluding hydrogens is 121 g/mol. The number of rotatable bonds is 0. The second kappa shape index (κ2) is 2.98. The van der Waals surface area contributed by atoms with E-state index in [1.807, 2.05) is 12.1 Å². The van der Waals surface area contributed by atoms with Gasteiger partial charge < -0.3 is 4.98 Å². The SMILES string of the molecule is [Ni].c1cc[n-]c1. The summed E-state index contributed by atoms with van der Waals surface area (Å²) in [6.45, 7) is 0. The molecule has 0 N–H and O–H groups in total.